The molecule has 0 radical (unpaired) electrons. The van der Waals surface area contributed by atoms with Gasteiger partial charge in [-0.15, -0.1) is 0 Å². The van der Waals surface area contributed by atoms with Gasteiger partial charge in [0.1, 0.15) is 0 Å². The zero-order valence-electron chi connectivity index (χ0n) is 11.3. The molecule has 0 aromatic rings. The molecule has 0 aromatic heterocycles. The second-order valence-electron chi connectivity index (χ2n) is 7.10. The zero-order chi connectivity index (χ0) is 11.5. The van der Waals surface area contributed by atoms with Crippen molar-refractivity contribution >= 4 is 0 Å². The van der Waals surface area contributed by atoms with Gasteiger partial charge in [-0.05, 0) is 38.5 Å². The summed E-state index contributed by atoms with van der Waals surface area (Å²) in [6.07, 6.45) is 8.29. The van der Waals surface area contributed by atoms with Gasteiger partial charge in [-0.25, -0.2) is 0 Å². The van der Waals surface area contributed by atoms with Crippen molar-refractivity contribution in [3.8, 4) is 0 Å². The molecule has 1 nitrogen and oxygen atoms in total. The Balaban J connectivity index is 2.40. The van der Waals surface area contributed by atoms with Crippen molar-refractivity contribution in [2.75, 3.05) is 0 Å². The number of nitrogens with one attached hydrogen (secondary N) is 1. The van der Waals surface area contributed by atoms with E-state index in [1.165, 1.54) is 38.5 Å². The summed E-state index contributed by atoms with van der Waals surface area (Å²) in [7, 11) is 0. The van der Waals surface area contributed by atoms with Crippen LogP contribution in [0.3, 0.4) is 0 Å². The van der Waals surface area contributed by atoms with Gasteiger partial charge in [-0.1, -0.05) is 40.0 Å². The fourth-order valence-electron chi connectivity index (χ4n) is 3.18. The Morgan fingerprint density at radius 3 is 1.93 bits per heavy atom. The summed E-state index contributed by atoms with van der Waals surface area (Å²) >= 11 is 0. The molecule has 1 aliphatic carbocycles. The van der Waals surface area contributed by atoms with E-state index in [0.717, 1.165) is 6.04 Å². The standard InChI is InChI=1S/C14H29N/c1-13(2,3)11-14(4,5)15-12-9-7-6-8-10-12/h12,15H,6-11H2,1-5H3. The maximum Gasteiger partial charge on any atom is 0.0132 e. The minimum atomic E-state index is 0.292. The molecule has 0 atom stereocenters. The summed E-state index contributed by atoms with van der Waals surface area (Å²) in [6, 6.07) is 0.774. The van der Waals surface area contributed by atoms with Gasteiger partial charge in [-0.3, -0.25) is 0 Å². The van der Waals surface area contributed by atoms with Gasteiger partial charge in [0, 0.05) is 11.6 Å². The van der Waals surface area contributed by atoms with Crippen molar-refractivity contribution in [2.45, 2.75) is 84.7 Å². The summed E-state index contributed by atoms with van der Waals surface area (Å²) < 4.78 is 0. The summed E-state index contributed by atoms with van der Waals surface area (Å²) in [5.74, 6) is 0. The molecule has 1 N–H and O–H groups in total. The van der Waals surface area contributed by atoms with Crippen LogP contribution in [0.4, 0.5) is 0 Å². The number of hydrogen-bond acceptors (Lipinski definition) is 1. The Hall–Kier alpha value is -0.0400. The molecule has 0 unspecified atom stereocenters. The lowest BCUT2D eigenvalue weighted by Gasteiger charge is -2.38. The van der Waals surface area contributed by atoms with E-state index in [-0.39, 0.29) is 0 Å². The minimum absolute atomic E-state index is 0.292. The Morgan fingerprint density at radius 2 is 1.47 bits per heavy atom. The van der Waals surface area contributed by atoms with E-state index in [1.807, 2.05) is 0 Å². The fourth-order valence-corrected chi connectivity index (χ4v) is 3.18. The van der Waals surface area contributed by atoms with Crippen LogP contribution in [-0.4, -0.2) is 11.6 Å². The molecule has 1 fully saturated rings. The molecule has 0 saturated heterocycles. The smallest absolute Gasteiger partial charge is 0.0132 e. The summed E-state index contributed by atoms with van der Waals surface area (Å²) in [6.45, 7) is 11.7. The quantitative estimate of drug-likeness (QED) is 0.740. The molecular formula is C14H29N. The first-order chi connectivity index (χ1) is 6.79. The molecule has 1 saturated carbocycles. The van der Waals surface area contributed by atoms with E-state index < -0.39 is 0 Å². The molecule has 0 aromatic carbocycles. The zero-order valence-corrected chi connectivity index (χ0v) is 11.3. The second kappa shape index (κ2) is 4.86. The van der Waals surface area contributed by atoms with Crippen molar-refractivity contribution in [1.29, 1.82) is 0 Å². The first-order valence-corrected chi connectivity index (χ1v) is 6.56. The molecule has 0 spiro atoms. The van der Waals surface area contributed by atoms with E-state index in [4.69, 9.17) is 0 Å². The number of rotatable bonds is 3. The van der Waals surface area contributed by atoms with Crippen LogP contribution in [0.25, 0.3) is 0 Å². The average Bonchev–Trinajstić information content (AvgIpc) is 1.99. The van der Waals surface area contributed by atoms with Crippen LogP contribution in [-0.2, 0) is 0 Å². The van der Waals surface area contributed by atoms with E-state index in [9.17, 15) is 0 Å². The van der Waals surface area contributed by atoms with Crippen LogP contribution >= 0.6 is 0 Å². The molecule has 0 heterocycles. The highest BCUT2D eigenvalue weighted by molar-refractivity contribution is 4.87. The van der Waals surface area contributed by atoms with Crippen molar-refractivity contribution in [2.24, 2.45) is 5.41 Å². The lowest BCUT2D eigenvalue weighted by Crippen LogP contribution is -2.48. The average molecular weight is 211 g/mol. The molecule has 0 aliphatic heterocycles. The highest BCUT2D eigenvalue weighted by atomic mass is 15.0. The SMILES string of the molecule is CC(C)(C)CC(C)(C)NC1CCCCC1. The molecule has 15 heavy (non-hydrogen) atoms. The topological polar surface area (TPSA) is 12.0 Å². The van der Waals surface area contributed by atoms with E-state index in [0.29, 0.717) is 11.0 Å². The maximum absolute atomic E-state index is 3.85. The normalized spacial score (nSPS) is 20.6. The van der Waals surface area contributed by atoms with Crippen LogP contribution in [0, 0.1) is 5.41 Å². The summed E-state index contributed by atoms with van der Waals surface area (Å²) in [4.78, 5) is 0. The molecule has 1 heteroatoms. The van der Waals surface area contributed by atoms with Crippen molar-refractivity contribution in [3.05, 3.63) is 0 Å². The van der Waals surface area contributed by atoms with E-state index in [1.54, 1.807) is 0 Å². The third kappa shape index (κ3) is 5.55. The Labute approximate surface area is 96.0 Å². The third-order valence-electron chi connectivity index (χ3n) is 3.17. The van der Waals surface area contributed by atoms with Crippen LogP contribution in [0.1, 0.15) is 73.1 Å². The summed E-state index contributed by atoms with van der Waals surface area (Å²) in [5.41, 5.74) is 0.714. The monoisotopic (exact) mass is 211 g/mol. The van der Waals surface area contributed by atoms with E-state index >= 15 is 0 Å². The largest absolute Gasteiger partial charge is 0.309 e. The lowest BCUT2D eigenvalue weighted by atomic mass is 9.80. The van der Waals surface area contributed by atoms with Gasteiger partial charge < -0.3 is 5.32 Å². The minimum Gasteiger partial charge on any atom is -0.309 e. The predicted octanol–water partition coefficient (Wildman–Crippen LogP) is 4.12. The van der Waals surface area contributed by atoms with Gasteiger partial charge >= 0.3 is 0 Å². The molecule has 1 rings (SSSR count). The molecule has 90 valence electrons. The Kier molecular flexibility index (Phi) is 4.22. The van der Waals surface area contributed by atoms with Gasteiger partial charge in [0.2, 0.25) is 0 Å². The van der Waals surface area contributed by atoms with Crippen LogP contribution in [0.5, 0.6) is 0 Å². The fraction of sp³-hybridized carbons (Fsp3) is 1.00. The lowest BCUT2D eigenvalue weighted by molar-refractivity contribution is 0.204. The Bertz CT molecular complexity index is 182. The van der Waals surface area contributed by atoms with Crippen molar-refractivity contribution in [3.63, 3.8) is 0 Å². The molecule has 1 aliphatic rings. The first-order valence-electron chi connectivity index (χ1n) is 6.56. The van der Waals surface area contributed by atoms with Gasteiger partial charge in [0.15, 0.2) is 0 Å². The molecule has 0 amide bonds. The summed E-state index contributed by atoms with van der Waals surface area (Å²) in [5, 5.41) is 3.85. The second-order valence-corrected chi connectivity index (χ2v) is 7.10. The maximum atomic E-state index is 3.85. The number of hydrogen-bond donors (Lipinski definition) is 1. The highest BCUT2D eigenvalue weighted by Gasteiger charge is 2.28. The van der Waals surface area contributed by atoms with Crippen LogP contribution in [0.15, 0.2) is 0 Å². The van der Waals surface area contributed by atoms with Gasteiger partial charge in [0.05, 0.1) is 0 Å². The Morgan fingerprint density at radius 1 is 0.933 bits per heavy atom. The molecular weight excluding hydrogens is 182 g/mol. The molecule has 0 bridgehead atoms. The van der Waals surface area contributed by atoms with Gasteiger partial charge in [-0.2, -0.15) is 0 Å². The highest BCUT2D eigenvalue weighted by Crippen LogP contribution is 2.29. The first kappa shape index (κ1) is 13.0. The van der Waals surface area contributed by atoms with E-state index in [2.05, 4.69) is 39.9 Å². The predicted molar refractivity (Wildman–Crippen MR) is 68.2 cm³/mol. The van der Waals surface area contributed by atoms with Crippen LogP contribution in [0.2, 0.25) is 0 Å². The van der Waals surface area contributed by atoms with Crippen molar-refractivity contribution in [1.82, 2.24) is 5.32 Å². The third-order valence-corrected chi connectivity index (χ3v) is 3.17. The van der Waals surface area contributed by atoms with Crippen molar-refractivity contribution < 1.29 is 0 Å². The van der Waals surface area contributed by atoms with Crippen LogP contribution < -0.4 is 5.32 Å². The van der Waals surface area contributed by atoms with Gasteiger partial charge in [0.25, 0.3) is 0 Å².